The second kappa shape index (κ2) is 5.26. The van der Waals surface area contributed by atoms with E-state index in [1.165, 1.54) is 22.2 Å². The van der Waals surface area contributed by atoms with Crippen molar-refractivity contribution >= 4 is 10.9 Å². The van der Waals surface area contributed by atoms with E-state index in [-0.39, 0.29) is 0 Å². The van der Waals surface area contributed by atoms with Crippen molar-refractivity contribution in [2.24, 2.45) is 5.73 Å². The lowest BCUT2D eigenvalue weighted by Crippen LogP contribution is -2.02. The second-order valence-corrected chi connectivity index (χ2v) is 5.52. The number of fused-ring (bicyclic) bond motifs is 1. The fraction of sp³-hybridized carbons (Fsp3) is 0.222. The lowest BCUT2D eigenvalue weighted by atomic mass is 10.1. The summed E-state index contributed by atoms with van der Waals surface area (Å²) in [5.74, 6) is 0.309. The minimum atomic E-state index is 0.309. The smallest absolute Gasteiger partial charge is 0.115 e. The first-order valence-corrected chi connectivity index (χ1v) is 7.16. The molecule has 0 aliphatic carbocycles. The molecule has 1 heterocycles. The van der Waals surface area contributed by atoms with Crippen molar-refractivity contribution < 1.29 is 5.11 Å². The van der Waals surface area contributed by atoms with E-state index >= 15 is 0 Å². The summed E-state index contributed by atoms with van der Waals surface area (Å²) >= 11 is 0. The average molecular weight is 280 g/mol. The Morgan fingerprint density at radius 1 is 1.05 bits per heavy atom. The number of aryl methyl sites for hydroxylation is 1. The third-order valence-electron chi connectivity index (χ3n) is 4.19. The molecule has 0 atom stereocenters. The van der Waals surface area contributed by atoms with Gasteiger partial charge in [-0.05, 0) is 54.8 Å². The first-order chi connectivity index (χ1) is 10.1. The zero-order valence-corrected chi connectivity index (χ0v) is 12.4. The standard InChI is InChI=1S/C18H20N2O/c1-12-13(2)20(11-15-4-3-5-16(21)8-15)18-7-6-14(10-19)9-17(12)18/h3-9,21H,10-11,19H2,1-2H3. The van der Waals surface area contributed by atoms with Gasteiger partial charge in [-0.3, -0.25) is 0 Å². The van der Waals surface area contributed by atoms with Crippen LogP contribution in [0.25, 0.3) is 10.9 Å². The molecule has 0 saturated carbocycles. The highest BCUT2D eigenvalue weighted by Crippen LogP contribution is 2.27. The van der Waals surface area contributed by atoms with Crippen LogP contribution in [0.2, 0.25) is 0 Å². The molecule has 3 aromatic rings. The summed E-state index contributed by atoms with van der Waals surface area (Å²) in [6.07, 6.45) is 0. The van der Waals surface area contributed by atoms with Crippen molar-refractivity contribution in [3.63, 3.8) is 0 Å². The Morgan fingerprint density at radius 3 is 2.57 bits per heavy atom. The van der Waals surface area contributed by atoms with Crippen molar-refractivity contribution in [3.8, 4) is 5.75 Å². The SMILES string of the molecule is Cc1c(C)n(Cc2cccc(O)c2)c2ccc(CN)cc12. The van der Waals surface area contributed by atoms with E-state index in [4.69, 9.17) is 5.73 Å². The van der Waals surface area contributed by atoms with Crippen LogP contribution in [0, 0.1) is 13.8 Å². The second-order valence-electron chi connectivity index (χ2n) is 5.52. The van der Waals surface area contributed by atoms with Crippen LogP contribution < -0.4 is 5.73 Å². The Bertz CT molecular complexity index is 802. The third-order valence-corrected chi connectivity index (χ3v) is 4.19. The number of aromatic hydroxyl groups is 1. The van der Waals surface area contributed by atoms with Crippen molar-refractivity contribution in [2.75, 3.05) is 0 Å². The van der Waals surface area contributed by atoms with E-state index in [0.717, 1.165) is 17.7 Å². The molecular formula is C18H20N2O. The molecule has 21 heavy (non-hydrogen) atoms. The first kappa shape index (κ1) is 13.7. The Morgan fingerprint density at radius 2 is 1.86 bits per heavy atom. The van der Waals surface area contributed by atoms with Gasteiger partial charge in [0.1, 0.15) is 5.75 Å². The summed E-state index contributed by atoms with van der Waals surface area (Å²) in [7, 11) is 0. The maximum absolute atomic E-state index is 9.62. The molecule has 0 spiro atoms. The van der Waals surface area contributed by atoms with Crippen LogP contribution >= 0.6 is 0 Å². The van der Waals surface area contributed by atoms with Gasteiger partial charge in [0.2, 0.25) is 0 Å². The van der Waals surface area contributed by atoms with Crippen LogP contribution in [0.3, 0.4) is 0 Å². The van der Waals surface area contributed by atoms with Crippen LogP contribution in [0.5, 0.6) is 5.75 Å². The van der Waals surface area contributed by atoms with Gasteiger partial charge >= 0.3 is 0 Å². The van der Waals surface area contributed by atoms with Gasteiger partial charge in [-0.25, -0.2) is 0 Å². The molecule has 2 aromatic carbocycles. The molecule has 3 N–H and O–H groups in total. The molecule has 0 unspecified atom stereocenters. The molecule has 3 nitrogen and oxygen atoms in total. The predicted molar refractivity (Wildman–Crippen MR) is 86.5 cm³/mol. The van der Waals surface area contributed by atoms with Crippen LogP contribution in [0.15, 0.2) is 42.5 Å². The van der Waals surface area contributed by atoms with E-state index < -0.39 is 0 Å². The van der Waals surface area contributed by atoms with Crippen LogP contribution in [-0.2, 0) is 13.1 Å². The Balaban J connectivity index is 2.12. The van der Waals surface area contributed by atoms with E-state index in [1.807, 2.05) is 18.2 Å². The van der Waals surface area contributed by atoms with Crippen LogP contribution in [-0.4, -0.2) is 9.67 Å². The minimum absolute atomic E-state index is 0.309. The highest BCUT2D eigenvalue weighted by atomic mass is 16.3. The molecular weight excluding hydrogens is 260 g/mol. The highest BCUT2D eigenvalue weighted by molar-refractivity contribution is 5.86. The van der Waals surface area contributed by atoms with E-state index in [9.17, 15) is 5.11 Å². The fourth-order valence-corrected chi connectivity index (χ4v) is 2.87. The summed E-state index contributed by atoms with van der Waals surface area (Å²) < 4.78 is 2.29. The van der Waals surface area contributed by atoms with E-state index in [0.29, 0.717) is 12.3 Å². The van der Waals surface area contributed by atoms with Crippen molar-refractivity contribution in [3.05, 3.63) is 64.8 Å². The summed E-state index contributed by atoms with van der Waals surface area (Å²) in [6, 6.07) is 13.8. The van der Waals surface area contributed by atoms with Gasteiger partial charge in [0.15, 0.2) is 0 Å². The molecule has 3 rings (SSSR count). The molecule has 3 heteroatoms. The Hall–Kier alpha value is -2.26. The number of phenolic OH excluding ortho intramolecular Hbond substituents is 1. The van der Waals surface area contributed by atoms with E-state index in [2.05, 4.69) is 36.6 Å². The molecule has 0 aliphatic heterocycles. The first-order valence-electron chi connectivity index (χ1n) is 7.16. The van der Waals surface area contributed by atoms with Gasteiger partial charge in [-0.15, -0.1) is 0 Å². The molecule has 0 aliphatic rings. The van der Waals surface area contributed by atoms with Gasteiger partial charge in [0.05, 0.1) is 0 Å². The maximum atomic E-state index is 9.62. The van der Waals surface area contributed by atoms with E-state index in [1.54, 1.807) is 6.07 Å². The molecule has 0 radical (unpaired) electrons. The van der Waals surface area contributed by atoms with Crippen molar-refractivity contribution in [1.29, 1.82) is 0 Å². The Kier molecular flexibility index (Phi) is 3.43. The quantitative estimate of drug-likeness (QED) is 0.772. The van der Waals surface area contributed by atoms with Gasteiger partial charge < -0.3 is 15.4 Å². The number of benzene rings is 2. The number of phenols is 1. The zero-order chi connectivity index (χ0) is 15.0. The predicted octanol–water partition coefficient (Wildman–Crippen LogP) is 3.47. The average Bonchev–Trinajstić information content (AvgIpc) is 2.72. The summed E-state index contributed by atoms with van der Waals surface area (Å²) in [5, 5.41) is 10.9. The van der Waals surface area contributed by atoms with Crippen LogP contribution in [0.1, 0.15) is 22.4 Å². The van der Waals surface area contributed by atoms with Gasteiger partial charge in [-0.2, -0.15) is 0 Å². The lowest BCUT2D eigenvalue weighted by molar-refractivity contribution is 0.474. The number of rotatable bonds is 3. The molecule has 0 bridgehead atoms. The normalized spacial score (nSPS) is 11.2. The van der Waals surface area contributed by atoms with Gasteiger partial charge in [0, 0.05) is 29.7 Å². The maximum Gasteiger partial charge on any atom is 0.115 e. The summed E-state index contributed by atoms with van der Waals surface area (Å²) in [5.41, 5.74) is 11.7. The number of hydrogen-bond acceptors (Lipinski definition) is 2. The fourth-order valence-electron chi connectivity index (χ4n) is 2.87. The number of nitrogens with zero attached hydrogens (tertiary/aromatic N) is 1. The summed E-state index contributed by atoms with van der Waals surface area (Å²) in [4.78, 5) is 0. The van der Waals surface area contributed by atoms with Gasteiger partial charge in [0.25, 0.3) is 0 Å². The molecule has 0 saturated heterocycles. The Labute approximate surface area is 124 Å². The number of aromatic nitrogens is 1. The monoisotopic (exact) mass is 280 g/mol. The molecule has 1 aromatic heterocycles. The van der Waals surface area contributed by atoms with Crippen molar-refractivity contribution in [1.82, 2.24) is 4.57 Å². The minimum Gasteiger partial charge on any atom is -0.508 e. The van der Waals surface area contributed by atoms with Gasteiger partial charge in [-0.1, -0.05) is 18.2 Å². The number of nitrogens with two attached hydrogens (primary N) is 1. The third kappa shape index (κ3) is 2.41. The molecule has 108 valence electrons. The number of hydrogen-bond donors (Lipinski definition) is 2. The topological polar surface area (TPSA) is 51.2 Å². The largest absolute Gasteiger partial charge is 0.508 e. The zero-order valence-electron chi connectivity index (χ0n) is 12.4. The molecule has 0 amide bonds. The lowest BCUT2D eigenvalue weighted by Gasteiger charge is -2.09. The molecule has 0 fully saturated rings. The summed E-state index contributed by atoms with van der Waals surface area (Å²) in [6.45, 7) is 5.61. The van der Waals surface area contributed by atoms with Crippen molar-refractivity contribution in [2.45, 2.75) is 26.9 Å². The highest BCUT2D eigenvalue weighted by Gasteiger charge is 2.11. The van der Waals surface area contributed by atoms with Crippen LogP contribution in [0.4, 0.5) is 0 Å².